The van der Waals surface area contributed by atoms with Crippen molar-refractivity contribution in [1.82, 2.24) is 20.4 Å². The lowest BCUT2D eigenvalue weighted by atomic mass is 10.2. The van der Waals surface area contributed by atoms with E-state index in [1.54, 1.807) is 48.5 Å². The van der Waals surface area contributed by atoms with Crippen molar-refractivity contribution in [3.05, 3.63) is 101 Å². The van der Waals surface area contributed by atoms with Crippen LogP contribution in [-0.2, 0) is 13.1 Å². The van der Waals surface area contributed by atoms with Gasteiger partial charge in [0.05, 0.1) is 11.3 Å². The van der Waals surface area contributed by atoms with E-state index in [2.05, 4.69) is 47.8 Å². The summed E-state index contributed by atoms with van der Waals surface area (Å²) in [6.07, 6.45) is 0. The number of anilines is 4. The second-order valence-corrected chi connectivity index (χ2v) is 8.04. The molecule has 3 aromatic carbocycles. The fourth-order valence-corrected chi connectivity index (χ4v) is 3.27. The molecule has 37 heavy (non-hydrogen) atoms. The molecule has 4 aromatic rings. The summed E-state index contributed by atoms with van der Waals surface area (Å²) in [5, 5.41) is 18.5. The van der Waals surface area contributed by atoms with Gasteiger partial charge >= 0.3 is 0 Å². The van der Waals surface area contributed by atoms with Gasteiger partial charge in [-0.25, -0.2) is 8.78 Å². The standard InChI is InChI=1S/C25H21F2N9S/c26-19-9-5-16(6-10-19)14-29-22-32-23(30-15-17-7-11-20(27)12-8-17)34-24(33-22)35-36-25(37)31-21-4-2-1-3-18(21)13-28/h1-12H,14-15H2,(H2,31,36,37)(H3,29,30,32,33,34,35). The van der Waals surface area contributed by atoms with Crippen LogP contribution >= 0.6 is 12.2 Å². The molecule has 0 fully saturated rings. The first-order valence-electron chi connectivity index (χ1n) is 11.0. The number of rotatable bonds is 9. The van der Waals surface area contributed by atoms with E-state index < -0.39 is 0 Å². The third kappa shape index (κ3) is 7.55. The van der Waals surface area contributed by atoms with Crippen LogP contribution in [0, 0.1) is 23.0 Å². The summed E-state index contributed by atoms with van der Waals surface area (Å²) < 4.78 is 26.4. The van der Waals surface area contributed by atoms with E-state index in [0.717, 1.165) is 11.1 Å². The van der Waals surface area contributed by atoms with Crippen molar-refractivity contribution in [1.29, 1.82) is 5.26 Å². The minimum absolute atomic E-state index is 0.149. The van der Waals surface area contributed by atoms with Crippen LogP contribution in [0.1, 0.15) is 16.7 Å². The molecular weight excluding hydrogens is 496 g/mol. The molecule has 5 N–H and O–H groups in total. The molecule has 1 aromatic heterocycles. The normalized spacial score (nSPS) is 10.2. The van der Waals surface area contributed by atoms with Gasteiger partial charge in [-0.15, -0.1) is 0 Å². The lowest BCUT2D eigenvalue weighted by molar-refractivity contribution is 0.626. The number of hydrazine groups is 1. The van der Waals surface area contributed by atoms with E-state index in [1.807, 2.05) is 0 Å². The van der Waals surface area contributed by atoms with Gasteiger partial charge in [0.25, 0.3) is 0 Å². The van der Waals surface area contributed by atoms with Crippen LogP contribution in [0.5, 0.6) is 0 Å². The van der Waals surface area contributed by atoms with Gasteiger partial charge in [0.15, 0.2) is 5.11 Å². The van der Waals surface area contributed by atoms with Crippen molar-refractivity contribution in [2.45, 2.75) is 13.1 Å². The number of hydrogen-bond acceptors (Lipinski definition) is 8. The van der Waals surface area contributed by atoms with Crippen molar-refractivity contribution >= 4 is 40.9 Å². The first-order chi connectivity index (χ1) is 18.0. The van der Waals surface area contributed by atoms with Crippen LogP contribution in [0.15, 0.2) is 72.8 Å². The molecule has 0 aliphatic heterocycles. The van der Waals surface area contributed by atoms with Crippen molar-refractivity contribution in [3.8, 4) is 6.07 Å². The zero-order chi connectivity index (χ0) is 26.0. The fraction of sp³-hybridized carbons (Fsp3) is 0.0800. The SMILES string of the molecule is N#Cc1ccccc1NC(=S)NNc1nc(NCc2ccc(F)cc2)nc(NCc2ccc(F)cc2)n1. The summed E-state index contributed by atoms with van der Waals surface area (Å²) in [6.45, 7) is 0.693. The molecule has 186 valence electrons. The quantitative estimate of drug-likeness (QED) is 0.160. The first kappa shape index (κ1) is 25.2. The number of hydrogen-bond donors (Lipinski definition) is 5. The Morgan fingerprint density at radius 3 is 1.81 bits per heavy atom. The minimum Gasteiger partial charge on any atom is -0.350 e. The molecule has 0 amide bonds. The average molecular weight is 518 g/mol. The minimum atomic E-state index is -0.323. The fourth-order valence-electron chi connectivity index (χ4n) is 3.11. The number of nitriles is 1. The number of halogens is 2. The Balaban J connectivity index is 1.45. The molecule has 9 nitrogen and oxygen atoms in total. The third-order valence-corrected chi connectivity index (χ3v) is 5.15. The number of nitrogens with one attached hydrogen (secondary N) is 5. The van der Waals surface area contributed by atoms with Crippen LogP contribution in [0.4, 0.5) is 32.3 Å². The highest BCUT2D eigenvalue weighted by atomic mass is 32.1. The van der Waals surface area contributed by atoms with Gasteiger partial charge in [0.1, 0.15) is 17.7 Å². The molecule has 0 atom stereocenters. The van der Waals surface area contributed by atoms with Gasteiger partial charge in [-0.1, -0.05) is 36.4 Å². The van der Waals surface area contributed by atoms with Gasteiger partial charge in [-0.05, 0) is 59.7 Å². The Morgan fingerprint density at radius 2 is 1.27 bits per heavy atom. The summed E-state index contributed by atoms with van der Waals surface area (Å²) in [5.41, 5.74) is 8.24. The monoisotopic (exact) mass is 517 g/mol. The second-order valence-electron chi connectivity index (χ2n) is 7.63. The van der Waals surface area contributed by atoms with Crippen LogP contribution in [0.2, 0.25) is 0 Å². The van der Waals surface area contributed by atoms with Gasteiger partial charge in [-0.3, -0.25) is 10.9 Å². The maximum atomic E-state index is 13.2. The molecule has 4 rings (SSSR count). The molecule has 0 aliphatic carbocycles. The summed E-state index contributed by atoms with van der Waals surface area (Å²) in [5.74, 6) is 0.000228. The molecule has 1 heterocycles. The highest BCUT2D eigenvalue weighted by molar-refractivity contribution is 7.80. The summed E-state index contributed by atoms with van der Waals surface area (Å²) in [7, 11) is 0. The smallest absolute Gasteiger partial charge is 0.248 e. The summed E-state index contributed by atoms with van der Waals surface area (Å²) >= 11 is 5.30. The van der Waals surface area contributed by atoms with Crippen molar-refractivity contribution in [2.24, 2.45) is 0 Å². The Labute approximate surface area is 217 Å². The number of nitrogens with zero attached hydrogens (tertiary/aromatic N) is 4. The summed E-state index contributed by atoms with van der Waals surface area (Å²) in [4.78, 5) is 13.0. The Morgan fingerprint density at radius 1 is 0.757 bits per heavy atom. The highest BCUT2D eigenvalue weighted by Crippen LogP contribution is 2.14. The number of thiocarbonyl (C=S) groups is 1. The molecule has 0 radical (unpaired) electrons. The number of benzene rings is 3. The van der Waals surface area contributed by atoms with E-state index in [0.29, 0.717) is 24.3 Å². The average Bonchev–Trinajstić information content (AvgIpc) is 2.91. The lowest BCUT2D eigenvalue weighted by Crippen LogP contribution is -2.34. The lowest BCUT2D eigenvalue weighted by Gasteiger charge is -2.14. The predicted octanol–water partition coefficient (Wildman–Crippen LogP) is 4.56. The molecule has 0 saturated heterocycles. The maximum Gasteiger partial charge on any atom is 0.248 e. The Hall–Kier alpha value is -4.89. The predicted molar refractivity (Wildman–Crippen MR) is 141 cm³/mol. The molecule has 0 bridgehead atoms. The topological polar surface area (TPSA) is 123 Å². The number of para-hydroxylation sites is 1. The van der Waals surface area contributed by atoms with E-state index in [4.69, 9.17) is 12.2 Å². The van der Waals surface area contributed by atoms with Gasteiger partial charge in [0.2, 0.25) is 17.8 Å². The maximum absolute atomic E-state index is 13.2. The van der Waals surface area contributed by atoms with Crippen molar-refractivity contribution in [3.63, 3.8) is 0 Å². The largest absolute Gasteiger partial charge is 0.350 e. The van der Waals surface area contributed by atoms with Crippen LogP contribution < -0.4 is 26.8 Å². The van der Waals surface area contributed by atoms with Crippen LogP contribution in [-0.4, -0.2) is 20.1 Å². The number of aromatic nitrogens is 3. The van der Waals surface area contributed by atoms with Crippen LogP contribution in [0.25, 0.3) is 0 Å². The van der Waals surface area contributed by atoms with E-state index in [9.17, 15) is 14.0 Å². The van der Waals surface area contributed by atoms with Crippen molar-refractivity contribution < 1.29 is 8.78 Å². The zero-order valence-electron chi connectivity index (χ0n) is 19.3. The van der Waals surface area contributed by atoms with E-state index >= 15 is 0 Å². The molecule has 0 spiro atoms. The molecule has 12 heteroatoms. The zero-order valence-corrected chi connectivity index (χ0v) is 20.1. The second kappa shape index (κ2) is 12.2. The first-order valence-corrected chi connectivity index (χ1v) is 11.4. The summed E-state index contributed by atoms with van der Waals surface area (Å²) in [6, 6.07) is 21.1. The van der Waals surface area contributed by atoms with Gasteiger partial charge < -0.3 is 16.0 Å². The highest BCUT2D eigenvalue weighted by Gasteiger charge is 2.09. The van der Waals surface area contributed by atoms with Crippen molar-refractivity contribution in [2.75, 3.05) is 21.4 Å². The molecule has 0 unspecified atom stereocenters. The van der Waals surface area contributed by atoms with Gasteiger partial charge in [-0.2, -0.15) is 20.2 Å². The van der Waals surface area contributed by atoms with Gasteiger partial charge in [0, 0.05) is 13.1 Å². The Kier molecular flexibility index (Phi) is 8.30. The molecule has 0 saturated carbocycles. The Bertz CT molecular complexity index is 1340. The molecular formula is C25H21F2N9S. The van der Waals surface area contributed by atoms with E-state index in [1.165, 1.54) is 24.3 Å². The van der Waals surface area contributed by atoms with E-state index in [-0.39, 0.29) is 34.6 Å². The third-order valence-electron chi connectivity index (χ3n) is 4.95. The van der Waals surface area contributed by atoms with Crippen LogP contribution in [0.3, 0.4) is 0 Å². The molecule has 0 aliphatic rings.